The Bertz CT molecular complexity index is 633. The summed E-state index contributed by atoms with van der Waals surface area (Å²) in [4.78, 5) is 11.8. The number of unbranched alkanes of at least 4 members (excludes halogenated alkanes) is 2. The molecule has 1 aromatic carbocycles. The van der Waals surface area contributed by atoms with Crippen molar-refractivity contribution in [2.24, 2.45) is 5.14 Å². The molecule has 0 heterocycles. The van der Waals surface area contributed by atoms with Crippen molar-refractivity contribution in [1.82, 2.24) is 5.32 Å². The number of nitrogens with two attached hydrogens (primary N) is 1. The topological polar surface area (TPSA) is 89.3 Å². The SMILES string of the molecule is C#CCCCCC(=O)NC(C)c1cccc(S(N)(=O)=O)c1. The Labute approximate surface area is 126 Å². The number of sulfonamides is 1. The maximum Gasteiger partial charge on any atom is 0.238 e. The number of amides is 1. The lowest BCUT2D eigenvalue weighted by atomic mass is 10.1. The molecule has 0 spiro atoms. The van der Waals surface area contributed by atoms with Gasteiger partial charge < -0.3 is 5.32 Å². The average Bonchev–Trinajstić information content (AvgIpc) is 2.43. The Kier molecular flexibility index (Phi) is 6.40. The van der Waals surface area contributed by atoms with E-state index in [1.165, 1.54) is 12.1 Å². The van der Waals surface area contributed by atoms with Crippen molar-refractivity contribution in [2.45, 2.75) is 43.5 Å². The fraction of sp³-hybridized carbons (Fsp3) is 0.400. The minimum atomic E-state index is -3.74. The smallest absolute Gasteiger partial charge is 0.238 e. The van der Waals surface area contributed by atoms with Crippen LogP contribution >= 0.6 is 0 Å². The van der Waals surface area contributed by atoms with E-state index in [9.17, 15) is 13.2 Å². The summed E-state index contributed by atoms with van der Waals surface area (Å²) in [5.74, 6) is 2.45. The van der Waals surface area contributed by atoms with Gasteiger partial charge in [-0.1, -0.05) is 12.1 Å². The Morgan fingerprint density at radius 1 is 1.43 bits per heavy atom. The van der Waals surface area contributed by atoms with E-state index in [2.05, 4.69) is 11.2 Å². The van der Waals surface area contributed by atoms with Crippen LogP contribution in [-0.4, -0.2) is 14.3 Å². The highest BCUT2D eigenvalue weighted by Gasteiger charge is 2.13. The molecule has 0 aromatic heterocycles. The average molecular weight is 308 g/mol. The second-order valence-corrected chi connectivity index (χ2v) is 6.38. The van der Waals surface area contributed by atoms with E-state index in [-0.39, 0.29) is 16.8 Å². The van der Waals surface area contributed by atoms with Crippen molar-refractivity contribution in [3.05, 3.63) is 29.8 Å². The molecule has 0 aliphatic carbocycles. The second kappa shape index (κ2) is 7.81. The van der Waals surface area contributed by atoms with Gasteiger partial charge in [-0.3, -0.25) is 4.79 Å². The first-order valence-corrected chi connectivity index (χ1v) is 8.25. The van der Waals surface area contributed by atoms with Crippen molar-refractivity contribution in [2.75, 3.05) is 0 Å². The molecule has 1 aromatic rings. The molecular weight excluding hydrogens is 288 g/mol. The summed E-state index contributed by atoms with van der Waals surface area (Å²) >= 11 is 0. The molecule has 21 heavy (non-hydrogen) atoms. The third-order valence-corrected chi connectivity index (χ3v) is 3.95. The number of rotatable bonds is 7. The van der Waals surface area contributed by atoms with Crippen LogP contribution in [0.15, 0.2) is 29.2 Å². The maximum absolute atomic E-state index is 11.8. The van der Waals surface area contributed by atoms with E-state index < -0.39 is 10.0 Å². The van der Waals surface area contributed by atoms with Gasteiger partial charge in [0.15, 0.2) is 0 Å². The van der Waals surface area contributed by atoms with Crippen LogP contribution in [-0.2, 0) is 14.8 Å². The molecule has 1 rings (SSSR count). The van der Waals surface area contributed by atoms with E-state index in [0.717, 1.165) is 12.8 Å². The van der Waals surface area contributed by atoms with Gasteiger partial charge in [-0.25, -0.2) is 13.6 Å². The highest BCUT2D eigenvalue weighted by atomic mass is 32.2. The van der Waals surface area contributed by atoms with E-state index in [4.69, 9.17) is 11.6 Å². The highest BCUT2D eigenvalue weighted by Crippen LogP contribution is 2.17. The molecule has 0 bridgehead atoms. The number of nitrogens with one attached hydrogen (secondary N) is 1. The minimum absolute atomic E-state index is 0.0371. The van der Waals surface area contributed by atoms with Gasteiger partial charge in [0.2, 0.25) is 15.9 Å². The van der Waals surface area contributed by atoms with Gasteiger partial charge in [-0.05, 0) is 37.5 Å². The molecular formula is C15H20N2O3S. The van der Waals surface area contributed by atoms with Gasteiger partial charge in [0.05, 0.1) is 10.9 Å². The first-order valence-electron chi connectivity index (χ1n) is 6.70. The molecule has 0 aliphatic heterocycles. The third-order valence-electron chi connectivity index (χ3n) is 3.04. The summed E-state index contributed by atoms with van der Waals surface area (Å²) in [5, 5.41) is 7.92. The van der Waals surface area contributed by atoms with Gasteiger partial charge in [0, 0.05) is 12.8 Å². The van der Waals surface area contributed by atoms with E-state index in [1.54, 1.807) is 19.1 Å². The van der Waals surface area contributed by atoms with Crippen LogP contribution in [0.1, 0.15) is 44.2 Å². The number of hydrogen-bond donors (Lipinski definition) is 2. The summed E-state index contributed by atoms with van der Waals surface area (Å²) in [6.45, 7) is 1.79. The predicted octanol–water partition coefficient (Wildman–Crippen LogP) is 1.70. The second-order valence-electron chi connectivity index (χ2n) is 4.82. The zero-order chi connectivity index (χ0) is 15.9. The lowest BCUT2D eigenvalue weighted by Gasteiger charge is -2.15. The van der Waals surface area contributed by atoms with Crippen LogP contribution in [0.25, 0.3) is 0 Å². The van der Waals surface area contributed by atoms with Gasteiger partial charge >= 0.3 is 0 Å². The summed E-state index contributed by atoms with van der Waals surface area (Å²) in [7, 11) is -3.74. The first-order chi connectivity index (χ1) is 9.84. The molecule has 1 atom stereocenters. The van der Waals surface area contributed by atoms with Crippen LogP contribution in [0.4, 0.5) is 0 Å². The standard InChI is InChI=1S/C15H20N2O3S/c1-3-4-5-6-10-15(18)17-12(2)13-8-7-9-14(11-13)21(16,19)20/h1,7-9,11-12H,4-6,10H2,2H3,(H,17,18)(H2,16,19,20). The molecule has 0 saturated carbocycles. The van der Waals surface area contributed by atoms with E-state index in [0.29, 0.717) is 18.4 Å². The normalized spacial score (nSPS) is 12.4. The number of terminal acetylenes is 1. The Morgan fingerprint density at radius 3 is 2.76 bits per heavy atom. The van der Waals surface area contributed by atoms with Crippen LogP contribution in [0.2, 0.25) is 0 Å². The lowest BCUT2D eigenvalue weighted by Crippen LogP contribution is -2.26. The maximum atomic E-state index is 11.8. The van der Waals surface area contributed by atoms with Gasteiger partial charge in [0.25, 0.3) is 0 Å². The Morgan fingerprint density at radius 2 is 2.14 bits per heavy atom. The molecule has 0 aliphatic rings. The zero-order valence-corrected chi connectivity index (χ0v) is 12.8. The summed E-state index contributed by atoms with van der Waals surface area (Å²) in [5.41, 5.74) is 0.693. The molecule has 0 saturated heterocycles. The summed E-state index contributed by atoms with van der Waals surface area (Å²) in [6, 6.07) is 5.96. The van der Waals surface area contributed by atoms with Gasteiger partial charge in [0.1, 0.15) is 0 Å². The molecule has 1 amide bonds. The van der Waals surface area contributed by atoms with Gasteiger partial charge in [-0.2, -0.15) is 0 Å². The third kappa shape index (κ3) is 5.98. The van der Waals surface area contributed by atoms with Crippen LogP contribution < -0.4 is 10.5 Å². The molecule has 0 fully saturated rings. The molecule has 114 valence electrons. The number of carbonyl (C=O) groups is 1. The van der Waals surface area contributed by atoms with Gasteiger partial charge in [-0.15, -0.1) is 12.3 Å². The van der Waals surface area contributed by atoms with E-state index in [1.807, 2.05) is 0 Å². The number of carbonyl (C=O) groups excluding carboxylic acids is 1. The number of hydrogen-bond acceptors (Lipinski definition) is 3. The summed E-state index contributed by atoms with van der Waals surface area (Å²) < 4.78 is 22.6. The predicted molar refractivity (Wildman–Crippen MR) is 81.7 cm³/mol. The number of primary sulfonamides is 1. The monoisotopic (exact) mass is 308 g/mol. The summed E-state index contributed by atoms with van der Waals surface area (Å²) in [6.07, 6.45) is 7.77. The van der Waals surface area contributed by atoms with Crippen LogP contribution in [0, 0.1) is 12.3 Å². The Balaban J connectivity index is 2.62. The van der Waals surface area contributed by atoms with Crippen molar-refractivity contribution in [3.63, 3.8) is 0 Å². The van der Waals surface area contributed by atoms with Crippen molar-refractivity contribution < 1.29 is 13.2 Å². The highest BCUT2D eigenvalue weighted by molar-refractivity contribution is 7.89. The molecule has 5 nitrogen and oxygen atoms in total. The number of benzene rings is 1. The molecule has 6 heteroatoms. The first kappa shape index (κ1) is 17.2. The van der Waals surface area contributed by atoms with E-state index >= 15 is 0 Å². The fourth-order valence-electron chi connectivity index (χ4n) is 1.87. The zero-order valence-electron chi connectivity index (χ0n) is 12.0. The molecule has 3 N–H and O–H groups in total. The Hall–Kier alpha value is -1.84. The fourth-order valence-corrected chi connectivity index (χ4v) is 2.44. The quantitative estimate of drug-likeness (QED) is 0.593. The lowest BCUT2D eigenvalue weighted by molar-refractivity contribution is -0.121. The molecule has 1 unspecified atom stereocenters. The minimum Gasteiger partial charge on any atom is -0.350 e. The van der Waals surface area contributed by atoms with Crippen molar-refractivity contribution in [3.8, 4) is 12.3 Å². The molecule has 0 radical (unpaired) electrons. The van der Waals surface area contributed by atoms with Crippen LogP contribution in [0.5, 0.6) is 0 Å². The van der Waals surface area contributed by atoms with Crippen molar-refractivity contribution >= 4 is 15.9 Å². The van der Waals surface area contributed by atoms with Crippen molar-refractivity contribution in [1.29, 1.82) is 0 Å². The van der Waals surface area contributed by atoms with Crippen LogP contribution in [0.3, 0.4) is 0 Å². The largest absolute Gasteiger partial charge is 0.350 e.